The van der Waals surface area contributed by atoms with E-state index in [9.17, 15) is 8.78 Å². The zero-order valence-electron chi connectivity index (χ0n) is 16.5. The summed E-state index contributed by atoms with van der Waals surface area (Å²) in [4.78, 5) is 0. The Labute approximate surface area is 174 Å². The Morgan fingerprint density at radius 2 is 0.700 bits per heavy atom. The molecule has 0 saturated heterocycles. The number of halogens is 2. The van der Waals surface area contributed by atoms with Crippen molar-refractivity contribution in [3.63, 3.8) is 0 Å². The predicted octanol–water partition coefficient (Wildman–Crippen LogP) is 7.16. The molecule has 0 atom stereocenters. The fourth-order valence-electron chi connectivity index (χ4n) is 5.12. The fourth-order valence-corrected chi connectivity index (χ4v) is 5.12. The van der Waals surface area contributed by atoms with E-state index in [0.29, 0.717) is 0 Å². The fraction of sp³-hybridized carbons (Fsp3) is 0.143. The van der Waals surface area contributed by atoms with Gasteiger partial charge in [-0.15, -0.1) is 0 Å². The highest BCUT2D eigenvalue weighted by Crippen LogP contribution is 2.45. The molecule has 0 nitrogen and oxygen atoms in total. The second-order valence-electron chi connectivity index (χ2n) is 8.35. The van der Waals surface area contributed by atoms with E-state index in [4.69, 9.17) is 0 Å². The molecule has 0 unspecified atom stereocenters. The molecule has 0 aromatic heterocycles. The Kier molecular flexibility index (Phi) is 3.89. The maximum absolute atomic E-state index is 13.4. The van der Waals surface area contributed by atoms with Gasteiger partial charge in [-0.1, -0.05) is 48.5 Å². The SMILES string of the molecule is Fc1ccc(-c2cc3c4c(c2)CCc2cc(-c5ccc(F)cc5)cc(c2-4)CC3)cc1. The lowest BCUT2D eigenvalue weighted by atomic mass is 9.73. The van der Waals surface area contributed by atoms with Crippen LogP contribution >= 0.6 is 0 Å². The van der Waals surface area contributed by atoms with Crippen LogP contribution in [0.15, 0.2) is 72.8 Å². The van der Waals surface area contributed by atoms with Crippen LogP contribution in [0.1, 0.15) is 22.3 Å². The number of aryl methyl sites for hydroxylation is 4. The molecule has 0 aliphatic heterocycles. The molecule has 4 aromatic carbocycles. The minimum Gasteiger partial charge on any atom is -0.207 e. The molecule has 0 spiro atoms. The molecular formula is C28H20F2. The summed E-state index contributed by atoms with van der Waals surface area (Å²) in [5.41, 5.74) is 12.9. The van der Waals surface area contributed by atoms with Gasteiger partial charge in [0.15, 0.2) is 0 Å². The van der Waals surface area contributed by atoms with Gasteiger partial charge in [0.25, 0.3) is 0 Å². The van der Waals surface area contributed by atoms with Crippen molar-refractivity contribution in [3.05, 3.63) is 107 Å². The van der Waals surface area contributed by atoms with Crippen molar-refractivity contribution < 1.29 is 8.78 Å². The first-order valence-corrected chi connectivity index (χ1v) is 10.5. The minimum atomic E-state index is -0.200. The summed E-state index contributed by atoms with van der Waals surface area (Å²) in [7, 11) is 0. The first-order valence-electron chi connectivity index (χ1n) is 10.5. The molecule has 0 heterocycles. The number of hydrogen-bond donors (Lipinski definition) is 0. The summed E-state index contributed by atoms with van der Waals surface area (Å²) in [5, 5.41) is 0. The summed E-state index contributed by atoms with van der Waals surface area (Å²) in [6, 6.07) is 22.7. The summed E-state index contributed by atoms with van der Waals surface area (Å²) in [6.45, 7) is 0. The van der Waals surface area contributed by atoms with Gasteiger partial charge in [0.1, 0.15) is 11.6 Å². The molecule has 0 fully saturated rings. The van der Waals surface area contributed by atoms with E-state index in [1.165, 1.54) is 68.8 Å². The highest BCUT2D eigenvalue weighted by molar-refractivity contribution is 5.86. The first-order chi connectivity index (χ1) is 14.7. The topological polar surface area (TPSA) is 0 Å². The lowest BCUT2D eigenvalue weighted by Crippen LogP contribution is -2.14. The normalized spacial score (nSPS) is 13.8. The summed E-state index contributed by atoms with van der Waals surface area (Å²) >= 11 is 0. The second kappa shape index (κ2) is 6.63. The Bertz CT molecular complexity index is 1130. The lowest BCUT2D eigenvalue weighted by Gasteiger charge is -2.31. The van der Waals surface area contributed by atoms with E-state index in [1.807, 2.05) is 24.3 Å². The Morgan fingerprint density at radius 1 is 0.400 bits per heavy atom. The molecular weight excluding hydrogens is 374 g/mol. The molecule has 30 heavy (non-hydrogen) atoms. The highest BCUT2D eigenvalue weighted by Gasteiger charge is 2.27. The van der Waals surface area contributed by atoms with E-state index in [0.717, 1.165) is 36.8 Å². The average molecular weight is 394 g/mol. The monoisotopic (exact) mass is 394 g/mol. The molecule has 0 bridgehead atoms. The molecule has 0 radical (unpaired) electrons. The number of benzene rings is 4. The van der Waals surface area contributed by atoms with Crippen LogP contribution in [0, 0.1) is 11.6 Å². The molecule has 146 valence electrons. The minimum absolute atomic E-state index is 0.200. The smallest absolute Gasteiger partial charge is 0.123 e. The summed E-state index contributed by atoms with van der Waals surface area (Å²) < 4.78 is 26.7. The van der Waals surface area contributed by atoms with Crippen LogP contribution in [0.3, 0.4) is 0 Å². The summed E-state index contributed by atoms with van der Waals surface area (Å²) in [5.74, 6) is -0.401. The number of rotatable bonds is 2. The predicted molar refractivity (Wildman–Crippen MR) is 117 cm³/mol. The van der Waals surface area contributed by atoms with Crippen LogP contribution < -0.4 is 0 Å². The molecule has 6 rings (SSSR count). The van der Waals surface area contributed by atoms with Crippen LogP contribution in [-0.4, -0.2) is 0 Å². The van der Waals surface area contributed by atoms with Gasteiger partial charge < -0.3 is 0 Å². The van der Waals surface area contributed by atoms with Gasteiger partial charge in [-0.25, -0.2) is 8.78 Å². The Hall–Kier alpha value is -3.26. The Morgan fingerprint density at radius 3 is 1.00 bits per heavy atom. The average Bonchev–Trinajstić information content (AvgIpc) is 2.78. The van der Waals surface area contributed by atoms with Crippen molar-refractivity contribution in [1.29, 1.82) is 0 Å². The zero-order chi connectivity index (χ0) is 20.2. The first kappa shape index (κ1) is 17.6. The quantitative estimate of drug-likeness (QED) is 0.338. The van der Waals surface area contributed by atoms with Crippen molar-refractivity contribution in [1.82, 2.24) is 0 Å². The van der Waals surface area contributed by atoms with Gasteiger partial charge >= 0.3 is 0 Å². The third-order valence-electron chi connectivity index (χ3n) is 6.54. The van der Waals surface area contributed by atoms with Crippen molar-refractivity contribution in [2.45, 2.75) is 25.7 Å². The van der Waals surface area contributed by atoms with Gasteiger partial charge in [0.05, 0.1) is 0 Å². The molecule has 0 amide bonds. The standard InChI is InChI=1S/C28H20F2/c29-25-9-5-17(6-10-25)23-13-19-1-2-20-14-24(18-7-11-26(30)12-8-18)16-22-4-3-21(15-23)27(19)28(20)22/h5-16H,1-4H2. The van der Waals surface area contributed by atoms with Crippen LogP contribution in [0.4, 0.5) is 8.78 Å². The van der Waals surface area contributed by atoms with E-state index < -0.39 is 0 Å². The van der Waals surface area contributed by atoms with Crippen molar-refractivity contribution in [2.75, 3.05) is 0 Å². The van der Waals surface area contributed by atoms with E-state index in [1.54, 1.807) is 0 Å². The highest BCUT2D eigenvalue weighted by atomic mass is 19.1. The Balaban J connectivity index is 1.49. The summed E-state index contributed by atoms with van der Waals surface area (Å²) in [6.07, 6.45) is 4.04. The van der Waals surface area contributed by atoms with Crippen LogP contribution in [0.2, 0.25) is 0 Å². The third-order valence-corrected chi connectivity index (χ3v) is 6.54. The maximum Gasteiger partial charge on any atom is 0.123 e. The van der Waals surface area contributed by atoms with Crippen LogP contribution in [0.25, 0.3) is 33.4 Å². The van der Waals surface area contributed by atoms with Gasteiger partial charge in [0, 0.05) is 0 Å². The lowest BCUT2D eigenvalue weighted by molar-refractivity contribution is 0.627. The van der Waals surface area contributed by atoms with Crippen molar-refractivity contribution in [2.24, 2.45) is 0 Å². The molecule has 2 aliphatic rings. The zero-order valence-corrected chi connectivity index (χ0v) is 16.5. The van der Waals surface area contributed by atoms with Gasteiger partial charge in [0.2, 0.25) is 0 Å². The van der Waals surface area contributed by atoms with Crippen LogP contribution in [0.5, 0.6) is 0 Å². The van der Waals surface area contributed by atoms with Crippen molar-refractivity contribution >= 4 is 0 Å². The second-order valence-corrected chi connectivity index (χ2v) is 8.35. The number of hydrogen-bond acceptors (Lipinski definition) is 0. The molecule has 2 aliphatic carbocycles. The van der Waals surface area contributed by atoms with Crippen molar-refractivity contribution in [3.8, 4) is 33.4 Å². The van der Waals surface area contributed by atoms with E-state index >= 15 is 0 Å². The van der Waals surface area contributed by atoms with Gasteiger partial charge in [-0.2, -0.15) is 0 Å². The van der Waals surface area contributed by atoms with Crippen LogP contribution in [-0.2, 0) is 25.7 Å². The van der Waals surface area contributed by atoms with Gasteiger partial charge in [-0.05, 0) is 106 Å². The third kappa shape index (κ3) is 2.79. The van der Waals surface area contributed by atoms with Gasteiger partial charge in [-0.3, -0.25) is 0 Å². The molecule has 0 N–H and O–H groups in total. The molecule has 4 aromatic rings. The maximum atomic E-state index is 13.4. The molecule has 0 saturated carbocycles. The van der Waals surface area contributed by atoms with E-state index in [-0.39, 0.29) is 11.6 Å². The molecule has 2 heteroatoms. The van der Waals surface area contributed by atoms with E-state index in [2.05, 4.69) is 24.3 Å². The largest absolute Gasteiger partial charge is 0.207 e.